The van der Waals surface area contributed by atoms with Gasteiger partial charge in [-0.25, -0.2) is 0 Å². The zero-order chi connectivity index (χ0) is 7.94. The predicted octanol–water partition coefficient (Wildman–Crippen LogP) is 2.13. The normalized spacial score (nSPS) is 10.6. The lowest BCUT2D eigenvalue weighted by Crippen LogP contribution is -1.81. The SMILES string of the molecule is PC/C=N/Cc1ccccc1. The fourth-order valence-corrected chi connectivity index (χ4v) is 0.977. The van der Waals surface area contributed by atoms with Gasteiger partial charge in [-0.1, -0.05) is 30.3 Å². The molecule has 1 aromatic carbocycles. The van der Waals surface area contributed by atoms with Crippen LogP contribution < -0.4 is 0 Å². The van der Waals surface area contributed by atoms with E-state index in [2.05, 4.69) is 26.4 Å². The number of rotatable bonds is 3. The van der Waals surface area contributed by atoms with Crippen molar-refractivity contribution in [1.82, 2.24) is 0 Å². The van der Waals surface area contributed by atoms with E-state index in [4.69, 9.17) is 0 Å². The first kappa shape index (κ1) is 8.42. The number of aliphatic imine (C=N–C) groups is 1. The number of hydrogen-bond donors (Lipinski definition) is 0. The Balaban J connectivity index is 2.45. The van der Waals surface area contributed by atoms with Crippen LogP contribution in [0.4, 0.5) is 0 Å². The second-order valence-corrected chi connectivity index (χ2v) is 2.72. The molecule has 1 atom stereocenters. The van der Waals surface area contributed by atoms with Crippen molar-refractivity contribution in [3.63, 3.8) is 0 Å². The van der Waals surface area contributed by atoms with Crippen LogP contribution in [0.25, 0.3) is 0 Å². The fraction of sp³-hybridized carbons (Fsp3) is 0.222. The Morgan fingerprint density at radius 1 is 1.27 bits per heavy atom. The van der Waals surface area contributed by atoms with Gasteiger partial charge in [0.15, 0.2) is 0 Å². The number of nitrogens with zero attached hydrogens (tertiary/aromatic N) is 1. The van der Waals surface area contributed by atoms with E-state index in [1.807, 2.05) is 24.4 Å². The molecule has 1 unspecified atom stereocenters. The van der Waals surface area contributed by atoms with Crippen LogP contribution in [-0.4, -0.2) is 12.4 Å². The molecule has 1 aromatic rings. The highest BCUT2D eigenvalue weighted by Crippen LogP contribution is 1.99. The molecule has 0 aliphatic rings. The molecule has 0 aliphatic carbocycles. The highest BCUT2D eigenvalue weighted by molar-refractivity contribution is 7.17. The molecule has 2 heteroatoms. The fourth-order valence-electron chi connectivity index (χ4n) is 0.828. The molecule has 58 valence electrons. The topological polar surface area (TPSA) is 12.4 Å². The van der Waals surface area contributed by atoms with Crippen LogP contribution in [0.2, 0.25) is 0 Å². The van der Waals surface area contributed by atoms with Crippen LogP contribution in [0.3, 0.4) is 0 Å². The first-order chi connectivity index (χ1) is 5.43. The smallest absolute Gasteiger partial charge is 0.0635 e. The molecule has 0 saturated carbocycles. The van der Waals surface area contributed by atoms with Gasteiger partial charge in [0.25, 0.3) is 0 Å². The molecule has 0 heterocycles. The Labute approximate surface area is 69.8 Å². The Morgan fingerprint density at radius 2 is 2.00 bits per heavy atom. The largest absolute Gasteiger partial charge is 0.292 e. The molecule has 0 fully saturated rings. The summed E-state index contributed by atoms with van der Waals surface area (Å²) < 4.78 is 0. The number of benzene rings is 1. The molecule has 1 nitrogen and oxygen atoms in total. The third-order valence-corrected chi connectivity index (χ3v) is 1.56. The van der Waals surface area contributed by atoms with Gasteiger partial charge in [0, 0.05) is 6.21 Å². The molecule has 0 N–H and O–H groups in total. The first-order valence-corrected chi connectivity index (χ1v) is 4.47. The lowest BCUT2D eigenvalue weighted by Gasteiger charge is -1.92. The Hall–Kier alpha value is -0.680. The summed E-state index contributed by atoms with van der Waals surface area (Å²) in [6.45, 7) is 0.801. The molecule has 0 saturated heterocycles. The second kappa shape index (κ2) is 5.03. The second-order valence-electron chi connectivity index (χ2n) is 2.24. The van der Waals surface area contributed by atoms with Crippen molar-refractivity contribution in [3.05, 3.63) is 35.9 Å². The van der Waals surface area contributed by atoms with Crippen molar-refractivity contribution in [1.29, 1.82) is 0 Å². The van der Waals surface area contributed by atoms with Crippen molar-refractivity contribution >= 4 is 15.5 Å². The van der Waals surface area contributed by atoms with E-state index >= 15 is 0 Å². The predicted molar refractivity (Wildman–Crippen MR) is 53.2 cm³/mol. The summed E-state index contributed by atoms with van der Waals surface area (Å²) >= 11 is 0. The van der Waals surface area contributed by atoms with Crippen LogP contribution in [-0.2, 0) is 6.54 Å². The van der Waals surface area contributed by atoms with Gasteiger partial charge in [-0.2, -0.15) is 0 Å². The van der Waals surface area contributed by atoms with Crippen molar-refractivity contribution < 1.29 is 0 Å². The van der Waals surface area contributed by atoms with Gasteiger partial charge in [0.1, 0.15) is 0 Å². The summed E-state index contributed by atoms with van der Waals surface area (Å²) in [6.07, 6.45) is 2.85. The zero-order valence-corrected chi connectivity index (χ0v) is 7.56. The van der Waals surface area contributed by atoms with Crippen LogP contribution >= 0.6 is 9.24 Å². The summed E-state index contributed by atoms with van der Waals surface area (Å²) in [7, 11) is 2.62. The molecule has 11 heavy (non-hydrogen) atoms. The van der Waals surface area contributed by atoms with E-state index < -0.39 is 0 Å². The Bertz CT molecular complexity index is 218. The zero-order valence-electron chi connectivity index (χ0n) is 6.40. The summed E-state index contributed by atoms with van der Waals surface area (Å²) in [5.74, 6) is 0. The third kappa shape index (κ3) is 3.29. The minimum Gasteiger partial charge on any atom is -0.292 e. The van der Waals surface area contributed by atoms with Crippen LogP contribution in [0, 0.1) is 0 Å². The van der Waals surface area contributed by atoms with E-state index in [1.165, 1.54) is 5.56 Å². The molecular formula is C9H12NP. The van der Waals surface area contributed by atoms with Crippen LogP contribution in [0.5, 0.6) is 0 Å². The van der Waals surface area contributed by atoms with Crippen LogP contribution in [0.15, 0.2) is 35.3 Å². The summed E-state index contributed by atoms with van der Waals surface area (Å²) in [6, 6.07) is 10.3. The summed E-state index contributed by atoms with van der Waals surface area (Å²) in [4.78, 5) is 4.21. The van der Waals surface area contributed by atoms with E-state index in [0.717, 1.165) is 12.7 Å². The Kier molecular flexibility index (Phi) is 3.85. The van der Waals surface area contributed by atoms with E-state index in [0.29, 0.717) is 0 Å². The lowest BCUT2D eigenvalue weighted by molar-refractivity contribution is 1.08. The molecule has 0 bridgehead atoms. The van der Waals surface area contributed by atoms with E-state index in [9.17, 15) is 0 Å². The highest BCUT2D eigenvalue weighted by atomic mass is 31.0. The van der Waals surface area contributed by atoms with E-state index in [-0.39, 0.29) is 0 Å². The number of hydrogen-bond acceptors (Lipinski definition) is 1. The molecule has 0 amide bonds. The highest BCUT2D eigenvalue weighted by Gasteiger charge is 1.84. The molecular weight excluding hydrogens is 153 g/mol. The van der Waals surface area contributed by atoms with Gasteiger partial charge in [0.05, 0.1) is 6.54 Å². The quantitative estimate of drug-likeness (QED) is 0.480. The lowest BCUT2D eigenvalue weighted by atomic mass is 10.2. The van der Waals surface area contributed by atoms with E-state index in [1.54, 1.807) is 0 Å². The maximum Gasteiger partial charge on any atom is 0.0635 e. The van der Waals surface area contributed by atoms with Crippen molar-refractivity contribution in [2.45, 2.75) is 6.54 Å². The maximum atomic E-state index is 4.21. The van der Waals surface area contributed by atoms with Crippen molar-refractivity contribution in [3.8, 4) is 0 Å². The average Bonchev–Trinajstić information content (AvgIpc) is 2.07. The molecule has 0 aliphatic heterocycles. The van der Waals surface area contributed by atoms with Gasteiger partial charge in [-0.3, -0.25) is 4.99 Å². The van der Waals surface area contributed by atoms with Crippen LogP contribution in [0.1, 0.15) is 5.56 Å². The summed E-state index contributed by atoms with van der Waals surface area (Å²) in [5, 5.41) is 0. The summed E-state index contributed by atoms with van der Waals surface area (Å²) in [5.41, 5.74) is 1.27. The monoisotopic (exact) mass is 165 g/mol. The molecule has 0 aromatic heterocycles. The molecule has 1 rings (SSSR count). The minimum atomic E-state index is 0.801. The Morgan fingerprint density at radius 3 is 2.64 bits per heavy atom. The van der Waals surface area contributed by atoms with Gasteiger partial charge in [-0.05, 0) is 11.7 Å². The van der Waals surface area contributed by atoms with Crippen molar-refractivity contribution in [2.24, 2.45) is 4.99 Å². The van der Waals surface area contributed by atoms with Gasteiger partial charge in [-0.15, -0.1) is 9.24 Å². The van der Waals surface area contributed by atoms with Gasteiger partial charge in [0.2, 0.25) is 0 Å². The van der Waals surface area contributed by atoms with Crippen molar-refractivity contribution in [2.75, 3.05) is 6.16 Å². The average molecular weight is 165 g/mol. The van der Waals surface area contributed by atoms with Gasteiger partial charge >= 0.3 is 0 Å². The first-order valence-electron chi connectivity index (χ1n) is 3.66. The molecule has 0 radical (unpaired) electrons. The molecule has 0 spiro atoms. The minimum absolute atomic E-state index is 0.801. The standard InChI is InChI=1S/C9H12NP/c11-7-6-10-8-9-4-2-1-3-5-9/h1-6H,7-8,11H2/b10-6+. The third-order valence-electron chi connectivity index (χ3n) is 1.35. The van der Waals surface area contributed by atoms with Gasteiger partial charge < -0.3 is 0 Å². The maximum absolute atomic E-state index is 4.21.